The van der Waals surface area contributed by atoms with Crippen LogP contribution in [0, 0.1) is 5.92 Å². The summed E-state index contributed by atoms with van der Waals surface area (Å²) in [5.41, 5.74) is 8.77. The first-order valence-electron chi connectivity index (χ1n) is 8.72. The third-order valence-electron chi connectivity index (χ3n) is 5.00. The normalized spacial score (nSPS) is 15.6. The Hall–Kier alpha value is -2.62. The Balaban J connectivity index is 1.69. The van der Waals surface area contributed by atoms with Gasteiger partial charge in [-0.1, -0.05) is 0 Å². The van der Waals surface area contributed by atoms with Gasteiger partial charge < -0.3 is 15.7 Å². The van der Waals surface area contributed by atoms with Gasteiger partial charge >= 0.3 is 5.97 Å². The molecular weight excluding hydrogens is 414 g/mol. The van der Waals surface area contributed by atoms with E-state index in [9.17, 15) is 4.79 Å². The van der Waals surface area contributed by atoms with Crippen LogP contribution in [0.15, 0.2) is 23.1 Å². The average molecular weight is 434 g/mol. The summed E-state index contributed by atoms with van der Waals surface area (Å²) in [6.45, 7) is 1.49. The number of hydrogen-bond donors (Lipinski definition) is 2. The van der Waals surface area contributed by atoms with Crippen molar-refractivity contribution in [1.29, 1.82) is 0 Å². The lowest BCUT2D eigenvalue weighted by Crippen LogP contribution is -2.35. The van der Waals surface area contributed by atoms with E-state index in [0.717, 1.165) is 42.9 Å². The second-order valence-electron chi connectivity index (χ2n) is 6.86. The second kappa shape index (κ2) is 6.84. The first-order chi connectivity index (χ1) is 12.9. The van der Waals surface area contributed by atoms with E-state index in [2.05, 4.69) is 31.0 Å². The molecule has 1 fully saturated rings. The number of nitrogens with zero attached hydrogens (tertiary/aromatic N) is 6. The van der Waals surface area contributed by atoms with Crippen molar-refractivity contribution >= 4 is 39.2 Å². The molecule has 0 amide bonds. The molecule has 4 rings (SSSR count). The lowest BCUT2D eigenvalue weighted by atomic mass is 9.94. The minimum absolute atomic E-state index is 0.208. The van der Waals surface area contributed by atoms with Gasteiger partial charge in [0.15, 0.2) is 5.65 Å². The van der Waals surface area contributed by atoms with Gasteiger partial charge in [-0.2, -0.15) is 14.7 Å². The highest BCUT2D eigenvalue weighted by Gasteiger charge is 2.26. The van der Waals surface area contributed by atoms with E-state index in [1.54, 1.807) is 21.6 Å². The fourth-order valence-electron chi connectivity index (χ4n) is 3.55. The van der Waals surface area contributed by atoms with Crippen LogP contribution in [0.25, 0.3) is 16.8 Å². The number of carboxylic acids is 1. The number of piperidine rings is 1. The molecule has 0 aliphatic carbocycles. The minimum atomic E-state index is -0.737. The van der Waals surface area contributed by atoms with Crippen molar-refractivity contribution in [2.45, 2.75) is 19.3 Å². The fraction of sp³-hybridized carbons (Fsp3) is 0.412. The number of carbonyl (C=O) groups is 1. The van der Waals surface area contributed by atoms with Gasteiger partial charge in [-0.3, -0.25) is 9.48 Å². The first-order valence-corrected chi connectivity index (χ1v) is 9.52. The van der Waals surface area contributed by atoms with Crippen LogP contribution < -0.4 is 10.6 Å². The molecule has 4 heterocycles. The standard InChI is InChI=1S/C17H20BrN7O2/c1-23-9-11(7-20-23)12-8-21-25-15(19)14(18)17(22-16(12)25)24-4-2-10(3-5-24)6-13(26)27/h7-10H,2-6,19H2,1H3,(H,26,27). The predicted molar refractivity (Wildman–Crippen MR) is 104 cm³/mol. The number of halogens is 1. The number of nitrogen functional groups attached to an aromatic ring is 1. The Morgan fingerprint density at radius 2 is 2.07 bits per heavy atom. The molecule has 0 saturated carbocycles. The molecule has 9 nitrogen and oxygen atoms in total. The van der Waals surface area contributed by atoms with Crippen LogP contribution in [0.4, 0.5) is 11.6 Å². The third-order valence-corrected chi connectivity index (χ3v) is 5.76. The van der Waals surface area contributed by atoms with Crippen molar-refractivity contribution in [1.82, 2.24) is 24.4 Å². The quantitative estimate of drug-likeness (QED) is 0.647. The molecule has 0 radical (unpaired) electrons. The van der Waals surface area contributed by atoms with Crippen molar-refractivity contribution in [3.63, 3.8) is 0 Å². The highest BCUT2D eigenvalue weighted by atomic mass is 79.9. The van der Waals surface area contributed by atoms with Gasteiger partial charge in [-0.05, 0) is 34.7 Å². The molecule has 27 heavy (non-hydrogen) atoms. The SMILES string of the molecule is Cn1cc(-c2cnn3c(N)c(Br)c(N4CCC(CC(=O)O)CC4)nc23)cn1. The van der Waals surface area contributed by atoms with Crippen molar-refractivity contribution in [3.8, 4) is 11.1 Å². The van der Waals surface area contributed by atoms with Gasteiger partial charge in [0.2, 0.25) is 0 Å². The molecule has 10 heteroatoms. The number of aryl methyl sites for hydroxylation is 1. The topological polar surface area (TPSA) is 115 Å². The van der Waals surface area contributed by atoms with E-state index in [4.69, 9.17) is 15.8 Å². The van der Waals surface area contributed by atoms with E-state index in [1.165, 1.54) is 0 Å². The zero-order valence-electron chi connectivity index (χ0n) is 14.8. The predicted octanol–water partition coefficient (Wildman–Crippen LogP) is 2.17. The Morgan fingerprint density at radius 1 is 1.33 bits per heavy atom. The van der Waals surface area contributed by atoms with Crippen LogP contribution in [-0.4, -0.2) is 48.5 Å². The van der Waals surface area contributed by atoms with Crippen LogP contribution in [-0.2, 0) is 11.8 Å². The monoisotopic (exact) mass is 433 g/mol. The summed E-state index contributed by atoms with van der Waals surface area (Å²) >= 11 is 3.56. The minimum Gasteiger partial charge on any atom is -0.481 e. The highest BCUT2D eigenvalue weighted by Crippen LogP contribution is 2.35. The molecule has 0 atom stereocenters. The summed E-state index contributed by atoms with van der Waals surface area (Å²) in [4.78, 5) is 17.9. The largest absolute Gasteiger partial charge is 0.481 e. The summed E-state index contributed by atoms with van der Waals surface area (Å²) in [6, 6.07) is 0. The summed E-state index contributed by atoms with van der Waals surface area (Å²) in [5, 5.41) is 17.6. The van der Waals surface area contributed by atoms with Gasteiger partial charge in [-0.25, -0.2) is 4.98 Å². The maximum atomic E-state index is 10.9. The molecule has 3 N–H and O–H groups in total. The molecule has 142 valence electrons. The maximum Gasteiger partial charge on any atom is 0.303 e. The Labute approximate surface area is 163 Å². The van der Waals surface area contributed by atoms with E-state index in [0.29, 0.717) is 15.9 Å². The molecule has 0 aromatic carbocycles. The molecule has 1 aliphatic heterocycles. The molecule has 1 aliphatic rings. The average Bonchev–Trinajstić information content (AvgIpc) is 3.24. The van der Waals surface area contributed by atoms with Gasteiger partial charge in [0, 0.05) is 43.9 Å². The number of hydrogen-bond acceptors (Lipinski definition) is 6. The highest BCUT2D eigenvalue weighted by molar-refractivity contribution is 9.10. The number of aromatic nitrogens is 5. The van der Waals surface area contributed by atoms with Crippen LogP contribution in [0.3, 0.4) is 0 Å². The smallest absolute Gasteiger partial charge is 0.303 e. The molecular formula is C17H20BrN7O2. The van der Waals surface area contributed by atoms with Crippen LogP contribution in [0.2, 0.25) is 0 Å². The zero-order chi connectivity index (χ0) is 19.1. The molecule has 0 unspecified atom stereocenters. The fourth-order valence-corrected chi connectivity index (χ4v) is 4.06. The van der Waals surface area contributed by atoms with Crippen molar-refractivity contribution in [3.05, 3.63) is 23.1 Å². The molecule has 1 saturated heterocycles. The summed E-state index contributed by atoms with van der Waals surface area (Å²) < 4.78 is 4.05. The third kappa shape index (κ3) is 3.25. The van der Waals surface area contributed by atoms with Crippen LogP contribution in [0.1, 0.15) is 19.3 Å². The second-order valence-corrected chi connectivity index (χ2v) is 7.65. The van der Waals surface area contributed by atoms with Gasteiger partial charge in [0.25, 0.3) is 0 Å². The maximum absolute atomic E-state index is 10.9. The molecule has 0 bridgehead atoms. The van der Waals surface area contributed by atoms with Crippen LogP contribution in [0.5, 0.6) is 0 Å². The summed E-state index contributed by atoms with van der Waals surface area (Å²) in [6.07, 6.45) is 7.28. The first kappa shape index (κ1) is 17.8. The summed E-state index contributed by atoms with van der Waals surface area (Å²) in [7, 11) is 1.86. The molecule has 0 spiro atoms. The van der Waals surface area contributed by atoms with Crippen LogP contribution >= 0.6 is 15.9 Å². The number of rotatable bonds is 4. The lowest BCUT2D eigenvalue weighted by Gasteiger charge is -2.33. The Kier molecular flexibility index (Phi) is 4.50. The number of anilines is 2. The molecule has 3 aromatic rings. The van der Waals surface area contributed by atoms with Gasteiger partial charge in [0.05, 0.1) is 12.4 Å². The van der Waals surface area contributed by atoms with E-state index in [1.807, 2.05) is 13.2 Å². The Morgan fingerprint density at radius 3 is 2.70 bits per heavy atom. The van der Waals surface area contributed by atoms with Crippen molar-refractivity contribution < 1.29 is 9.90 Å². The number of aliphatic carboxylic acids is 1. The van der Waals surface area contributed by atoms with E-state index < -0.39 is 5.97 Å². The number of carboxylic acid groups (broad SMARTS) is 1. The van der Waals surface area contributed by atoms with Gasteiger partial charge in [-0.15, -0.1) is 0 Å². The summed E-state index contributed by atoms with van der Waals surface area (Å²) in [5.74, 6) is 0.718. The van der Waals surface area contributed by atoms with Crippen molar-refractivity contribution in [2.75, 3.05) is 23.7 Å². The van der Waals surface area contributed by atoms with E-state index >= 15 is 0 Å². The van der Waals surface area contributed by atoms with Crippen molar-refractivity contribution in [2.24, 2.45) is 13.0 Å². The molecule has 3 aromatic heterocycles. The zero-order valence-corrected chi connectivity index (χ0v) is 16.4. The Bertz CT molecular complexity index is 1000. The number of fused-ring (bicyclic) bond motifs is 1. The number of nitrogens with two attached hydrogens (primary N) is 1. The lowest BCUT2D eigenvalue weighted by molar-refractivity contribution is -0.138. The van der Waals surface area contributed by atoms with E-state index in [-0.39, 0.29) is 12.3 Å². The van der Waals surface area contributed by atoms with Gasteiger partial charge in [0.1, 0.15) is 16.1 Å².